The number of hydrogen-bond donors (Lipinski definition) is 1. The number of Topliss-reactive ketones (excluding diaryl/α,β-unsaturated/α-hetero) is 1. The van der Waals surface area contributed by atoms with Crippen molar-refractivity contribution in [2.45, 2.75) is 43.9 Å². The van der Waals surface area contributed by atoms with Crippen LogP contribution in [0.2, 0.25) is 0 Å². The van der Waals surface area contributed by atoms with E-state index in [0.717, 1.165) is 12.0 Å². The van der Waals surface area contributed by atoms with Gasteiger partial charge in [0.2, 0.25) is 0 Å². The van der Waals surface area contributed by atoms with E-state index < -0.39 is 0 Å². The molecule has 1 aromatic rings. The van der Waals surface area contributed by atoms with Crippen molar-refractivity contribution in [1.82, 2.24) is 4.90 Å². The second-order valence-electron chi connectivity index (χ2n) is 5.73. The first-order chi connectivity index (χ1) is 9.65. The van der Waals surface area contributed by atoms with Gasteiger partial charge in [-0.25, -0.2) is 0 Å². The largest absolute Gasteiger partial charge is 0.340 e. The summed E-state index contributed by atoms with van der Waals surface area (Å²) in [6, 6.07) is 8.13. The van der Waals surface area contributed by atoms with E-state index in [-0.39, 0.29) is 5.78 Å². The van der Waals surface area contributed by atoms with Crippen LogP contribution in [0.4, 0.5) is 0 Å². The highest BCUT2D eigenvalue weighted by Crippen LogP contribution is 2.39. The van der Waals surface area contributed by atoms with Gasteiger partial charge in [-0.05, 0) is 19.8 Å². The molecule has 2 unspecified atom stereocenters. The van der Waals surface area contributed by atoms with Crippen LogP contribution in [-0.2, 0) is 0 Å². The Hall–Kier alpha value is -1.29. The Kier molecular flexibility index (Phi) is 3.83. The molecule has 0 aromatic heterocycles. The number of nitrogens with one attached hydrogen (secondary N) is 1. The predicted octanol–water partition coefficient (Wildman–Crippen LogP) is 3.47. The van der Waals surface area contributed by atoms with E-state index >= 15 is 0 Å². The first-order valence-electron chi connectivity index (χ1n) is 7.27. The fourth-order valence-corrected chi connectivity index (χ4v) is 4.45. The maximum absolute atomic E-state index is 12.4. The molecule has 0 bridgehead atoms. The quantitative estimate of drug-likeness (QED) is 0.866. The van der Waals surface area contributed by atoms with E-state index in [4.69, 9.17) is 5.41 Å². The summed E-state index contributed by atoms with van der Waals surface area (Å²) in [5.41, 5.74) is 1.92. The van der Waals surface area contributed by atoms with Gasteiger partial charge in [-0.2, -0.15) is 0 Å². The molecule has 0 spiro atoms. The molecule has 2 aliphatic rings. The molecule has 1 saturated carbocycles. The van der Waals surface area contributed by atoms with Crippen molar-refractivity contribution < 1.29 is 4.79 Å². The van der Waals surface area contributed by atoms with E-state index in [9.17, 15) is 4.79 Å². The van der Waals surface area contributed by atoms with E-state index in [1.807, 2.05) is 36.1 Å². The number of hydrogen-bond acceptors (Lipinski definition) is 3. The summed E-state index contributed by atoms with van der Waals surface area (Å²) in [6.07, 6.45) is 4.81. The number of fused-ring (bicyclic) bond motifs is 1. The maximum Gasteiger partial charge on any atom is 0.182 e. The minimum atomic E-state index is 0.126. The lowest BCUT2D eigenvalue weighted by Crippen LogP contribution is -2.41. The number of carbonyl (C=O) groups is 1. The van der Waals surface area contributed by atoms with Crippen LogP contribution in [0.1, 0.15) is 41.6 Å². The monoisotopic (exact) mass is 288 g/mol. The summed E-state index contributed by atoms with van der Waals surface area (Å²) in [6.45, 7) is 2.38. The van der Waals surface area contributed by atoms with Gasteiger partial charge in [-0.1, -0.05) is 54.4 Å². The lowest BCUT2D eigenvalue weighted by Gasteiger charge is -2.30. The molecule has 1 heterocycles. The smallest absolute Gasteiger partial charge is 0.182 e. The molecule has 1 aliphatic heterocycles. The van der Waals surface area contributed by atoms with Crippen LogP contribution in [0.5, 0.6) is 0 Å². The molecular weight excluding hydrogens is 268 g/mol. The van der Waals surface area contributed by atoms with Crippen molar-refractivity contribution in [3.05, 3.63) is 35.4 Å². The molecule has 1 N–H and O–H groups in total. The first kappa shape index (κ1) is 13.7. The van der Waals surface area contributed by atoms with Gasteiger partial charge >= 0.3 is 0 Å². The summed E-state index contributed by atoms with van der Waals surface area (Å²) >= 11 is 1.65. The number of rotatable bonds is 3. The third kappa shape index (κ3) is 2.62. The topological polar surface area (TPSA) is 44.2 Å². The highest BCUT2D eigenvalue weighted by molar-refractivity contribution is 8.14. The average molecular weight is 288 g/mol. The average Bonchev–Trinajstić information content (AvgIpc) is 2.76. The molecule has 3 nitrogen and oxygen atoms in total. The number of thioether (sulfide) groups is 1. The molecule has 1 aliphatic carbocycles. The number of benzene rings is 1. The molecule has 2 atom stereocenters. The summed E-state index contributed by atoms with van der Waals surface area (Å²) in [5, 5.41) is 9.24. The molecular formula is C16H20N2OS. The Bertz CT molecular complexity index is 526. The Morgan fingerprint density at radius 2 is 2.00 bits per heavy atom. The normalized spacial score (nSPS) is 25.6. The van der Waals surface area contributed by atoms with Crippen molar-refractivity contribution in [2.24, 2.45) is 0 Å². The lowest BCUT2D eigenvalue weighted by molar-refractivity contribution is 0.0943. The standard InChI is InChI=1S/C16H20N2OS/c1-11-6-8-12(9-7-11)14(19)10-18-13-4-2-3-5-15(13)20-16(18)17/h6-9,13,15,17H,2-5,10H2,1H3. The summed E-state index contributed by atoms with van der Waals surface area (Å²) in [5.74, 6) is 0.126. The Balaban J connectivity index is 1.71. The van der Waals surface area contributed by atoms with Gasteiger partial charge in [0.05, 0.1) is 6.54 Å². The van der Waals surface area contributed by atoms with Crippen LogP contribution in [0.15, 0.2) is 24.3 Å². The highest BCUT2D eigenvalue weighted by atomic mass is 32.2. The minimum Gasteiger partial charge on any atom is -0.340 e. The number of nitrogens with zero attached hydrogens (tertiary/aromatic N) is 1. The third-order valence-electron chi connectivity index (χ3n) is 4.28. The van der Waals surface area contributed by atoms with E-state index in [1.165, 1.54) is 24.8 Å². The number of ketones is 1. The highest BCUT2D eigenvalue weighted by Gasteiger charge is 2.40. The number of carbonyl (C=O) groups excluding carboxylic acids is 1. The summed E-state index contributed by atoms with van der Waals surface area (Å²) < 4.78 is 0. The molecule has 2 fully saturated rings. The SMILES string of the molecule is Cc1ccc(C(=O)CN2C(=N)SC3CCCCC32)cc1. The Morgan fingerprint density at radius 3 is 2.75 bits per heavy atom. The van der Waals surface area contributed by atoms with Gasteiger partial charge < -0.3 is 4.90 Å². The van der Waals surface area contributed by atoms with E-state index in [1.54, 1.807) is 11.8 Å². The zero-order valence-corrected chi connectivity index (χ0v) is 12.6. The molecule has 1 saturated heterocycles. The second-order valence-corrected chi connectivity index (χ2v) is 6.96. The first-order valence-corrected chi connectivity index (χ1v) is 8.15. The van der Waals surface area contributed by atoms with Gasteiger partial charge in [-0.15, -0.1) is 0 Å². The summed E-state index contributed by atoms with van der Waals surface area (Å²) in [4.78, 5) is 14.4. The Morgan fingerprint density at radius 1 is 1.30 bits per heavy atom. The maximum atomic E-state index is 12.4. The van der Waals surface area contributed by atoms with Gasteiger partial charge in [0, 0.05) is 16.9 Å². The van der Waals surface area contributed by atoms with Gasteiger partial charge in [-0.3, -0.25) is 10.2 Å². The van der Waals surface area contributed by atoms with Crippen molar-refractivity contribution in [2.75, 3.05) is 6.54 Å². The molecule has 106 valence electrons. The van der Waals surface area contributed by atoms with Gasteiger partial charge in [0.15, 0.2) is 11.0 Å². The van der Waals surface area contributed by atoms with Crippen molar-refractivity contribution in [3.8, 4) is 0 Å². The van der Waals surface area contributed by atoms with Crippen LogP contribution in [-0.4, -0.2) is 33.7 Å². The van der Waals surface area contributed by atoms with Crippen LogP contribution < -0.4 is 0 Å². The number of amidine groups is 1. The van der Waals surface area contributed by atoms with Gasteiger partial charge in [0.1, 0.15) is 0 Å². The third-order valence-corrected chi connectivity index (χ3v) is 5.59. The van der Waals surface area contributed by atoms with Crippen molar-refractivity contribution in [3.63, 3.8) is 0 Å². The molecule has 20 heavy (non-hydrogen) atoms. The van der Waals surface area contributed by atoms with Crippen LogP contribution >= 0.6 is 11.8 Å². The molecule has 1 aromatic carbocycles. The molecule has 0 amide bonds. The number of aryl methyl sites for hydroxylation is 1. The molecule has 3 rings (SSSR count). The zero-order valence-electron chi connectivity index (χ0n) is 11.8. The molecule has 0 radical (unpaired) electrons. The van der Waals surface area contributed by atoms with Crippen LogP contribution in [0.25, 0.3) is 0 Å². The lowest BCUT2D eigenvalue weighted by atomic mass is 9.93. The van der Waals surface area contributed by atoms with Crippen LogP contribution in [0, 0.1) is 12.3 Å². The van der Waals surface area contributed by atoms with Crippen molar-refractivity contribution >= 4 is 22.7 Å². The zero-order chi connectivity index (χ0) is 14.1. The molecule has 4 heteroatoms. The van der Waals surface area contributed by atoms with Crippen LogP contribution in [0.3, 0.4) is 0 Å². The van der Waals surface area contributed by atoms with E-state index in [2.05, 4.69) is 0 Å². The summed E-state index contributed by atoms with van der Waals surface area (Å²) in [7, 11) is 0. The minimum absolute atomic E-state index is 0.126. The second kappa shape index (κ2) is 5.60. The van der Waals surface area contributed by atoms with Crippen molar-refractivity contribution in [1.29, 1.82) is 5.41 Å². The van der Waals surface area contributed by atoms with E-state index in [0.29, 0.717) is 23.0 Å². The Labute approximate surface area is 124 Å². The predicted molar refractivity (Wildman–Crippen MR) is 83.6 cm³/mol. The van der Waals surface area contributed by atoms with Gasteiger partial charge in [0.25, 0.3) is 0 Å². The fraction of sp³-hybridized carbons (Fsp3) is 0.500. The fourth-order valence-electron chi connectivity index (χ4n) is 3.11.